The third-order valence-corrected chi connectivity index (χ3v) is 5.85. The summed E-state index contributed by atoms with van der Waals surface area (Å²) in [6.45, 7) is 5.20. The lowest BCUT2D eigenvalue weighted by Gasteiger charge is -2.29. The summed E-state index contributed by atoms with van der Waals surface area (Å²) < 4.78 is 12.4. The third kappa shape index (κ3) is 4.63. The van der Waals surface area contributed by atoms with Gasteiger partial charge < -0.3 is 10.2 Å². The second kappa shape index (κ2) is 8.48. The average Bonchev–Trinajstić information content (AvgIpc) is 2.65. The van der Waals surface area contributed by atoms with Crippen LogP contribution in [0.25, 0.3) is 0 Å². The second-order valence-corrected chi connectivity index (χ2v) is 8.50. The van der Waals surface area contributed by atoms with Crippen LogP contribution in [0.5, 0.6) is 0 Å². The molecule has 1 aliphatic rings. The van der Waals surface area contributed by atoms with Crippen molar-refractivity contribution in [1.29, 1.82) is 0 Å². The third-order valence-electron chi connectivity index (χ3n) is 4.50. The Bertz CT molecular complexity index is 865. The predicted octanol–water partition coefficient (Wildman–Crippen LogP) is 3.12. The molecule has 2 aromatic carbocycles. The number of anilines is 1. The Hall–Kier alpha value is -2.47. The van der Waals surface area contributed by atoms with E-state index in [0.717, 1.165) is 12.0 Å². The van der Waals surface area contributed by atoms with Gasteiger partial charge >= 0.3 is 0 Å². The molecule has 5 nitrogen and oxygen atoms in total. The van der Waals surface area contributed by atoms with Gasteiger partial charge in [0.05, 0.1) is 27.9 Å². The van der Waals surface area contributed by atoms with Crippen LogP contribution in [0.1, 0.15) is 36.2 Å². The molecule has 1 atom stereocenters. The molecule has 0 aliphatic carbocycles. The van der Waals surface area contributed by atoms with Gasteiger partial charge in [-0.05, 0) is 36.1 Å². The fourth-order valence-electron chi connectivity index (χ4n) is 2.98. The average molecular weight is 385 g/mol. The topological polar surface area (TPSA) is 66.5 Å². The number of amides is 2. The van der Waals surface area contributed by atoms with E-state index in [2.05, 4.69) is 19.2 Å². The minimum Gasteiger partial charge on any atom is -0.352 e. The maximum Gasteiger partial charge on any atom is 0.251 e. The fraction of sp³-hybridized carbons (Fsp3) is 0.333. The maximum atomic E-state index is 12.5. The molecular formula is C21H24N2O3S. The molecule has 1 heterocycles. The normalized spacial score (nSPS) is 16.3. The molecule has 6 heteroatoms. The Balaban J connectivity index is 1.87. The summed E-state index contributed by atoms with van der Waals surface area (Å²) in [7, 11) is -1.38. The Morgan fingerprint density at radius 2 is 1.93 bits per heavy atom. The van der Waals surface area contributed by atoms with Crippen LogP contribution >= 0.6 is 0 Å². The smallest absolute Gasteiger partial charge is 0.251 e. The number of carbonyl (C=O) groups excluding carboxylic acids is 2. The number of rotatable bonds is 6. The zero-order valence-electron chi connectivity index (χ0n) is 15.6. The summed E-state index contributed by atoms with van der Waals surface area (Å²) in [5.41, 5.74) is 2.02. The summed E-state index contributed by atoms with van der Waals surface area (Å²) in [6, 6.07) is 14.7. The van der Waals surface area contributed by atoms with Crippen LogP contribution in [0.4, 0.5) is 5.69 Å². The minimum atomic E-state index is -1.38. The van der Waals surface area contributed by atoms with Gasteiger partial charge in [0.15, 0.2) is 0 Å². The van der Waals surface area contributed by atoms with Crippen LogP contribution in [-0.2, 0) is 22.1 Å². The molecule has 0 radical (unpaired) electrons. The van der Waals surface area contributed by atoms with Gasteiger partial charge in [-0.25, -0.2) is 0 Å². The molecule has 27 heavy (non-hydrogen) atoms. The summed E-state index contributed by atoms with van der Waals surface area (Å²) in [6.07, 6.45) is 0.902. The Morgan fingerprint density at radius 1 is 1.19 bits per heavy atom. The van der Waals surface area contributed by atoms with E-state index in [1.165, 1.54) is 0 Å². The first kappa shape index (κ1) is 19.3. The maximum absolute atomic E-state index is 12.5. The monoisotopic (exact) mass is 384 g/mol. The molecule has 0 unspecified atom stereocenters. The van der Waals surface area contributed by atoms with Gasteiger partial charge in [-0.2, -0.15) is 0 Å². The van der Waals surface area contributed by atoms with Gasteiger partial charge in [0.1, 0.15) is 5.75 Å². The number of carbonyl (C=O) groups is 2. The molecule has 2 aromatic rings. The largest absolute Gasteiger partial charge is 0.352 e. The van der Waals surface area contributed by atoms with Gasteiger partial charge in [0, 0.05) is 12.1 Å². The van der Waals surface area contributed by atoms with Gasteiger partial charge in [0.25, 0.3) is 5.91 Å². The molecule has 1 aliphatic heterocycles. The van der Waals surface area contributed by atoms with Crippen molar-refractivity contribution in [3.63, 3.8) is 0 Å². The first-order valence-corrected chi connectivity index (χ1v) is 10.4. The van der Waals surface area contributed by atoms with E-state index in [9.17, 15) is 13.8 Å². The van der Waals surface area contributed by atoms with Gasteiger partial charge in [-0.1, -0.05) is 44.2 Å². The lowest BCUT2D eigenvalue weighted by molar-refractivity contribution is -0.116. The van der Waals surface area contributed by atoms with Crippen LogP contribution in [0.3, 0.4) is 0 Å². The molecule has 0 bridgehead atoms. The van der Waals surface area contributed by atoms with Crippen LogP contribution in [-0.4, -0.2) is 28.3 Å². The van der Waals surface area contributed by atoms with Crippen LogP contribution in [0.2, 0.25) is 0 Å². The van der Waals surface area contributed by atoms with E-state index >= 15 is 0 Å². The molecule has 0 fully saturated rings. The van der Waals surface area contributed by atoms with Crippen LogP contribution in [0.15, 0.2) is 53.4 Å². The summed E-state index contributed by atoms with van der Waals surface area (Å²) in [4.78, 5) is 27.2. The second-order valence-electron chi connectivity index (χ2n) is 7.08. The number of hydrogen-bond donors (Lipinski definition) is 1. The van der Waals surface area contributed by atoms with E-state index in [-0.39, 0.29) is 17.6 Å². The molecule has 0 saturated heterocycles. The highest BCUT2D eigenvalue weighted by molar-refractivity contribution is 7.86. The lowest BCUT2D eigenvalue weighted by Crippen LogP contribution is -2.38. The molecule has 1 N–H and O–H groups in total. The summed E-state index contributed by atoms with van der Waals surface area (Å²) in [5.74, 6) is 0.110. The quantitative estimate of drug-likeness (QED) is 0.832. The number of benzene rings is 2. The SMILES string of the molecule is CC(C)CCNC(=O)c1ccc2c(c1)N(Cc1ccccc1)C(=O)C[S@]2=O. The Kier molecular flexibility index (Phi) is 6.06. The molecule has 0 spiro atoms. The van der Waals surface area contributed by atoms with Crippen molar-refractivity contribution >= 4 is 28.3 Å². The molecule has 3 rings (SSSR count). The highest BCUT2D eigenvalue weighted by Gasteiger charge is 2.30. The van der Waals surface area contributed by atoms with Crippen molar-refractivity contribution in [1.82, 2.24) is 5.32 Å². The lowest BCUT2D eigenvalue weighted by atomic mass is 10.1. The zero-order chi connectivity index (χ0) is 19.4. The van der Waals surface area contributed by atoms with Gasteiger partial charge in [-0.15, -0.1) is 0 Å². The van der Waals surface area contributed by atoms with Crippen molar-refractivity contribution in [2.24, 2.45) is 5.92 Å². The Morgan fingerprint density at radius 3 is 2.63 bits per heavy atom. The van der Waals surface area contributed by atoms with Gasteiger partial charge in [0.2, 0.25) is 5.91 Å². The van der Waals surface area contributed by atoms with E-state index in [0.29, 0.717) is 35.2 Å². The van der Waals surface area contributed by atoms with Gasteiger partial charge in [-0.3, -0.25) is 13.8 Å². The predicted molar refractivity (Wildman–Crippen MR) is 107 cm³/mol. The van der Waals surface area contributed by atoms with Crippen molar-refractivity contribution in [3.8, 4) is 0 Å². The first-order chi connectivity index (χ1) is 13.0. The van der Waals surface area contributed by atoms with E-state index < -0.39 is 10.8 Å². The number of fused-ring (bicyclic) bond motifs is 1. The molecule has 0 saturated carbocycles. The van der Waals surface area contributed by atoms with E-state index in [4.69, 9.17) is 0 Å². The molecular weight excluding hydrogens is 360 g/mol. The standard InChI is InChI=1S/C21H24N2O3S/c1-15(2)10-11-22-21(25)17-8-9-19-18(12-17)23(20(24)14-27(19)26)13-16-6-4-3-5-7-16/h3-9,12,15H,10-11,13-14H2,1-2H3,(H,22,25)/t27-/m1/s1. The summed E-state index contributed by atoms with van der Waals surface area (Å²) >= 11 is 0. The van der Waals surface area contributed by atoms with Crippen LogP contribution < -0.4 is 10.2 Å². The number of nitrogens with zero attached hydrogens (tertiary/aromatic N) is 1. The Labute approximate surface area is 162 Å². The molecule has 142 valence electrons. The minimum absolute atomic E-state index is 0.0280. The number of nitrogens with one attached hydrogen (secondary N) is 1. The number of hydrogen-bond acceptors (Lipinski definition) is 3. The zero-order valence-corrected chi connectivity index (χ0v) is 16.4. The van der Waals surface area contributed by atoms with Crippen molar-refractivity contribution < 1.29 is 13.8 Å². The highest BCUT2D eigenvalue weighted by atomic mass is 32.2. The van der Waals surface area contributed by atoms with E-state index in [1.54, 1.807) is 23.1 Å². The van der Waals surface area contributed by atoms with Crippen LogP contribution in [0, 0.1) is 5.92 Å². The molecule has 0 aromatic heterocycles. The van der Waals surface area contributed by atoms with Crippen molar-refractivity contribution in [2.45, 2.75) is 31.7 Å². The molecule has 2 amide bonds. The fourth-order valence-corrected chi connectivity index (χ4v) is 4.14. The highest BCUT2D eigenvalue weighted by Crippen LogP contribution is 2.31. The van der Waals surface area contributed by atoms with E-state index in [1.807, 2.05) is 30.3 Å². The first-order valence-electron chi connectivity index (χ1n) is 9.10. The van der Waals surface area contributed by atoms with Crippen molar-refractivity contribution in [3.05, 3.63) is 59.7 Å². The van der Waals surface area contributed by atoms with Crippen molar-refractivity contribution in [2.75, 3.05) is 17.2 Å². The summed E-state index contributed by atoms with van der Waals surface area (Å²) in [5, 5.41) is 2.91.